The van der Waals surface area contributed by atoms with Crippen molar-refractivity contribution in [3.8, 4) is 0 Å². The van der Waals surface area contributed by atoms with Crippen molar-refractivity contribution in [2.45, 2.75) is 26.2 Å². The lowest BCUT2D eigenvalue weighted by Gasteiger charge is -2.16. The fourth-order valence-electron chi connectivity index (χ4n) is 2.06. The summed E-state index contributed by atoms with van der Waals surface area (Å²) in [6, 6.07) is 8.71. The first kappa shape index (κ1) is 10.4. The number of aryl methyl sites for hydroxylation is 1. The van der Waals surface area contributed by atoms with Gasteiger partial charge in [0.15, 0.2) is 0 Å². The summed E-state index contributed by atoms with van der Waals surface area (Å²) in [5.74, 6) is 0. The van der Waals surface area contributed by atoms with Crippen LogP contribution >= 0.6 is 0 Å². The van der Waals surface area contributed by atoms with E-state index in [-0.39, 0.29) is 0 Å². The summed E-state index contributed by atoms with van der Waals surface area (Å²) in [6.07, 6.45) is 5.98. The minimum Gasteiger partial charge on any atom is -0.313 e. The van der Waals surface area contributed by atoms with Crippen LogP contribution in [-0.4, -0.2) is 13.1 Å². The van der Waals surface area contributed by atoms with E-state index in [9.17, 15) is 0 Å². The molecule has 15 heavy (non-hydrogen) atoms. The highest BCUT2D eigenvalue weighted by molar-refractivity contribution is 5.59. The van der Waals surface area contributed by atoms with E-state index < -0.39 is 0 Å². The summed E-state index contributed by atoms with van der Waals surface area (Å²) in [6.45, 7) is 4.39. The van der Waals surface area contributed by atoms with Crippen LogP contribution in [0.2, 0.25) is 0 Å². The molecule has 0 aliphatic heterocycles. The normalized spacial score (nSPS) is 14.6. The molecular weight excluding hydrogens is 182 g/mol. The zero-order chi connectivity index (χ0) is 10.5. The average Bonchev–Trinajstić information content (AvgIpc) is 2.29. The third kappa shape index (κ3) is 2.69. The van der Waals surface area contributed by atoms with Gasteiger partial charge in [0, 0.05) is 6.54 Å². The fraction of sp³-hybridized carbons (Fsp3) is 0.429. The summed E-state index contributed by atoms with van der Waals surface area (Å²) >= 11 is 0. The van der Waals surface area contributed by atoms with Gasteiger partial charge in [0.1, 0.15) is 0 Å². The average molecular weight is 201 g/mol. The van der Waals surface area contributed by atoms with Gasteiger partial charge in [-0.3, -0.25) is 0 Å². The molecule has 1 aliphatic rings. The summed E-state index contributed by atoms with van der Waals surface area (Å²) in [4.78, 5) is 0. The zero-order valence-corrected chi connectivity index (χ0v) is 9.42. The minimum absolute atomic E-state index is 1.06. The largest absolute Gasteiger partial charge is 0.313 e. The van der Waals surface area contributed by atoms with Gasteiger partial charge < -0.3 is 5.32 Å². The molecule has 1 heteroatoms. The number of benzene rings is 1. The Labute approximate surface area is 92.2 Å². The van der Waals surface area contributed by atoms with Crippen molar-refractivity contribution in [2.24, 2.45) is 0 Å². The molecule has 0 saturated carbocycles. The number of nitrogens with one attached hydrogen (secondary N) is 1. The van der Waals surface area contributed by atoms with E-state index in [2.05, 4.69) is 42.6 Å². The van der Waals surface area contributed by atoms with Crippen molar-refractivity contribution in [3.05, 3.63) is 41.0 Å². The topological polar surface area (TPSA) is 12.0 Å². The van der Waals surface area contributed by atoms with Gasteiger partial charge in [0.2, 0.25) is 0 Å². The Bertz CT molecular complexity index is 352. The Kier molecular flexibility index (Phi) is 3.57. The first-order chi connectivity index (χ1) is 7.40. The lowest BCUT2D eigenvalue weighted by Crippen LogP contribution is -2.19. The molecule has 1 N–H and O–H groups in total. The van der Waals surface area contributed by atoms with Gasteiger partial charge in [-0.2, -0.15) is 0 Å². The predicted molar refractivity (Wildman–Crippen MR) is 65.9 cm³/mol. The van der Waals surface area contributed by atoms with Crippen molar-refractivity contribution in [2.75, 3.05) is 13.1 Å². The minimum atomic E-state index is 1.06. The number of fused-ring (bicyclic) bond motifs is 1. The van der Waals surface area contributed by atoms with Crippen LogP contribution in [0.1, 0.15) is 30.9 Å². The first-order valence-corrected chi connectivity index (χ1v) is 5.88. The van der Waals surface area contributed by atoms with Crippen molar-refractivity contribution in [3.63, 3.8) is 0 Å². The van der Waals surface area contributed by atoms with E-state index in [0.717, 1.165) is 13.1 Å². The van der Waals surface area contributed by atoms with Crippen LogP contribution in [-0.2, 0) is 6.42 Å². The molecule has 1 aliphatic carbocycles. The van der Waals surface area contributed by atoms with Gasteiger partial charge in [-0.05, 0) is 36.9 Å². The number of hydrogen-bond acceptors (Lipinski definition) is 1. The molecule has 0 aromatic heterocycles. The molecule has 2 rings (SSSR count). The second-order valence-electron chi connectivity index (χ2n) is 4.18. The van der Waals surface area contributed by atoms with Crippen LogP contribution in [0.4, 0.5) is 0 Å². The lowest BCUT2D eigenvalue weighted by molar-refractivity contribution is 0.696. The van der Waals surface area contributed by atoms with E-state index >= 15 is 0 Å². The Morgan fingerprint density at radius 3 is 2.93 bits per heavy atom. The van der Waals surface area contributed by atoms with Crippen molar-refractivity contribution in [1.29, 1.82) is 0 Å². The quantitative estimate of drug-likeness (QED) is 0.738. The third-order valence-corrected chi connectivity index (χ3v) is 2.91. The third-order valence-electron chi connectivity index (χ3n) is 2.91. The molecule has 0 unspecified atom stereocenters. The van der Waals surface area contributed by atoms with Crippen molar-refractivity contribution >= 4 is 6.08 Å². The molecule has 1 aromatic carbocycles. The van der Waals surface area contributed by atoms with Crippen LogP contribution in [0.3, 0.4) is 0 Å². The number of rotatable bonds is 4. The maximum absolute atomic E-state index is 3.47. The Morgan fingerprint density at radius 2 is 2.07 bits per heavy atom. The molecule has 1 aromatic rings. The van der Waals surface area contributed by atoms with Crippen LogP contribution in [0.5, 0.6) is 0 Å². The predicted octanol–water partition coefficient (Wildman–Crippen LogP) is 3.02. The highest BCUT2D eigenvalue weighted by atomic mass is 14.8. The summed E-state index contributed by atoms with van der Waals surface area (Å²) in [5.41, 5.74) is 4.45. The lowest BCUT2D eigenvalue weighted by atomic mass is 9.92. The molecule has 0 amide bonds. The fourth-order valence-corrected chi connectivity index (χ4v) is 2.06. The van der Waals surface area contributed by atoms with E-state index in [4.69, 9.17) is 0 Å². The molecular formula is C14H19N. The first-order valence-electron chi connectivity index (χ1n) is 5.88. The van der Waals surface area contributed by atoms with Crippen molar-refractivity contribution < 1.29 is 0 Å². The molecule has 0 atom stereocenters. The van der Waals surface area contributed by atoms with Crippen LogP contribution in [0.25, 0.3) is 6.08 Å². The monoisotopic (exact) mass is 201 g/mol. The zero-order valence-electron chi connectivity index (χ0n) is 9.42. The molecule has 1 nitrogen and oxygen atoms in total. The SMILES string of the molecule is CCCNCC1=Cc2ccccc2CC1. The summed E-state index contributed by atoms with van der Waals surface area (Å²) < 4.78 is 0. The maximum Gasteiger partial charge on any atom is 0.0168 e. The van der Waals surface area contributed by atoms with Gasteiger partial charge in [-0.25, -0.2) is 0 Å². The van der Waals surface area contributed by atoms with Gasteiger partial charge >= 0.3 is 0 Å². The Morgan fingerprint density at radius 1 is 1.20 bits per heavy atom. The Balaban J connectivity index is 2.02. The van der Waals surface area contributed by atoms with Gasteiger partial charge in [0.25, 0.3) is 0 Å². The van der Waals surface area contributed by atoms with E-state index in [1.165, 1.54) is 30.4 Å². The van der Waals surface area contributed by atoms with Gasteiger partial charge in [0.05, 0.1) is 0 Å². The standard InChI is InChI=1S/C14H19N/c1-2-9-15-11-12-7-8-13-5-3-4-6-14(13)10-12/h3-6,10,15H,2,7-9,11H2,1H3. The van der Waals surface area contributed by atoms with E-state index in [1.54, 1.807) is 5.57 Å². The van der Waals surface area contributed by atoms with E-state index in [0.29, 0.717) is 0 Å². The molecule has 0 saturated heterocycles. The summed E-state index contributed by atoms with van der Waals surface area (Å²) in [7, 11) is 0. The molecule has 80 valence electrons. The second kappa shape index (κ2) is 5.13. The second-order valence-corrected chi connectivity index (χ2v) is 4.18. The molecule has 0 spiro atoms. The van der Waals surface area contributed by atoms with Gasteiger partial charge in [-0.1, -0.05) is 42.8 Å². The summed E-state index contributed by atoms with van der Waals surface area (Å²) in [5, 5.41) is 3.47. The number of hydrogen-bond donors (Lipinski definition) is 1. The molecule has 0 fully saturated rings. The Hall–Kier alpha value is -1.08. The highest BCUT2D eigenvalue weighted by Gasteiger charge is 2.08. The van der Waals surface area contributed by atoms with Crippen LogP contribution < -0.4 is 5.32 Å². The molecule has 0 heterocycles. The van der Waals surface area contributed by atoms with Crippen molar-refractivity contribution in [1.82, 2.24) is 5.32 Å². The van der Waals surface area contributed by atoms with Crippen LogP contribution in [0, 0.1) is 0 Å². The highest BCUT2D eigenvalue weighted by Crippen LogP contribution is 2.22. The van der Waals surface area contributed by atoms with Crippen LogP contribution in [0.15, 0.2) is 29.8 Å². The van der Waals surface area contributed by atoms with E-state index in [1.807, 2.05) is 0 Å². The smallest absolute Gasteiger partial charge is 0.0168 e. The van der Waals surface area contributed by atoms with Gasteiger partial charge in [-0.15, -0.1) is 0 Å². The molecule has 0 bridgehead atoms. The molecule has 0 radical (unpaired) electrons. The maximum atomic E-state index is 3.47.